The lowest BCUT2D eigenvalue weighted by Gasteiger charge is -2.33. The fourth-order valence-corrected chi connectivity index (χ4v) is 1.93. The molecule has 0 aromatic carbocycles. The Morgan fingerprint density at radius 2 is 2.06 bits per heavy atom. The van der Waals surface area contributed by atoms with Crippen LogP contribution in [-0.2, 0) is 19.1 Å². The number of carbonyl (C=O) groups excluding carboxylic acids is 1. The van der Waals surface area contributed by atoms with Crippen molar-refractivity contribution in [3.63, 3.8) is 0 Å². The fourth-order valence-electron chi connectivity index (χ4n) is 1.93. The van der Waals surface area contributed by atoms with Crippen molar-refractivity contribution >= 4 is 11.9 Å². The van der Waals surface area contributed by atoms with Crippen molar-refractivity contribution in [2.75, 3.05) is 33.4 Å². The minimum Gasteiger partial charge on any atom is -0.480 e. The largest absolute Gasteiger partial charge is 0.480 e. The zero-order valence-electron chi connectivity index (χ0n) is 10.5. The number of carboxylic acids is 1. The van der Waals surface area contributed by atoms with E-state index < -0.39 is 12.1 Å². The normalized spacial score (nSPS) is 18.7. The predicted octanol–water partition coefficient (Wildman–Crippen LogP) is -0.948. The van der Waals surface area contributed by atoms with Crippen molar-refractivity contribution < 1.29 is 24.2 Å². The van der Waals surface area contributed by atoms with Crippen LogP contribution in [0.1, 0.15) is 12.8 Å². The van der Waals surface area contributed by atoms with Gasteiger partial charge in [0.25, 0.3) is 5.91 Å². The molecule has 0 radical (unpaired) electrons. The number of nitrogens with two attached hydrogens (primary N) is 1. The maximum atomic E-state index is 11.9. The smallest absolute Gasteiger partial charge is 0.329 e. The first-order chi connectivity index (χ1) is 8.58. The summed E-state index contributed by atoms with van der Waals surface area (Å²) in [5.74, 6) is -1.09. The summed E-state index contributed by atoms with van der Waals surface area (Å²) in [6.07, 6.45) is 0.588. The van der Waals surface area contributed by atoms with Crippen LogP contribution in [0.25, 0.3) is 0 Å². The molecule has 18 heavy (non-hydrogen) atoms. The van der Waals surface area contributed by atoms with Gasteiger partial charge in [-0.1, -0.05) is 0 Å². The van der Waals surface area contributed by atoms with Gasteiger partial charge in [0, 0.05) is 26.7 Å². The highest BCUT2D eigenvalue weighted by Crippen LogP contribution is 2.14. The fraction of sp³-hybridized carbons (Fsp3) is 0.818. The molecule has 1 atom stereocenters. The molecule has 0 aromatic rings. The molecule has 3 N–H and O–H groups in total. The molecule has 1 saturated heterocycles. The number of methoxy groups -OCH3 is 1. The van der Waals surface area contributed by atoms with E-state index in [-0.39, 0.29) is 25.2 Å². The van der Waals surface area contributed by atoms with Gasteiger partial charge in [-0.05, 0) is 12.8 Å². The van der Waals surface area contributed by atoms with Gasteiger partial charge in [0.05, 0.1) is 6.10 Å². The van der Waals surface area contributed by atoms with Gasteiger partial charge in [-0.3, -0.25) is 4.79 Å². The molecule has 0 bridgehead atoms. The van der Waals surface area contributed by atoms with Crippen LogP contribution in [0.15, 0.2) is 0 Å². The van der Waals surface area contributed by atoms with Crippen LogP contribution in [0.3, 0.4) is 0 Å². The molecular weight excluding hydrogens is 240 g/mol. The van der Waals surface area contributed by atoms with Crippen LogP contribution < -0.4 is 5.73 Å². The zero-order valence-corrected chi connectivity index (χ0v) is 10.5. The van der Waals surface area contributed by atoms with Crippen LogP contribution in [0.2, 0.25) is 0 Å². The van der Waals surface area contributed by atoms with Gasteiger partial charge in [0.2, 0.25) is 0 Å². The van der Waals surface area contributed by atoms with Gasteiger partial charge in [-0.2, -0.15) is 0 Å². The molecule has 1 aliphatic rings. The summed E-state index contributed by atoms with van der Waals surface area (Å²) in [5, 5.41) is 8.50. The summed E-state index contributed by atoms with van der Waals surface area (Å²) in [4.78, 5) is 24.0. The highest BCUT2D eigenvalue weighted by atomic mass is 16.5. The number of piperidine rings is 1. The van der Waals surface area contributed by atoms with Crippen LogP contribution in [-0.4, -0.2) is 67.4 Å². The van der Waals surface area contributed by atoms with Crippen molar-refractivity contribution in [2.24, 2.45) is 5.73 Å². The van der Waals surface area contributed by atoms with Gasteiger partial charge in [-0.15, -0.1) is 0 Å². The standard InChI is InChI=1S/C11H20N2O5/c1-17-9(6-12)11(16)13-4-2-8(3-5-13)18-7-10(14)15/h8-9H,2-7,12H2,1H3,(H,14,15). The number of aliphatic carboxylic acids is 1. The van der Waals surface area contributed by atoms with E-state index in [2.05, 4.69) is 0 Å². The SMILES string of the molecule is COC(CN)C(=O)N1CCC(OCC(=O)O)CC1. The van der Waals surface area contributed by atoms with E-state index >= 15 is 0 Å². The van der Waals surface area contributed by atoms with Crippen molar-refractivity contribution in [3.05, 3.63) is 0 Å². The maximum absolute atomic E-state index is 11.9. The number of hydrogen-bond acceptors (Lipinski definition) is 5. The maximum Gasteiger partial charge on any atom is 0.329 e. The summed E-state index contributed by atoms with van der Waals surface area (Å²) in [5.41, 5.74) is 5.44. The lowest BCUT2D eigenvalue weighted by atomic mass is 10.1. The van der Waals surface area contributed by atoms with Crippen LogP contribution in [0, 0.1) is 0 Å². The first kappa shape index (κ1) is 14.9. The number of carbonyl (C=O) groups is 2. The Labute approximate surface area is 106 Å². The molecule has 1 aliphatic heterocycles. The molecule has 0 aromatic heterocycles. The van der Waals surface area contributed by atoms with E-state index in [1.165, 1.54) is 7.11 Å². The number of carboxylic acid groups (broad SMARTS) is 1. The summed E-state index contributed by atoms with van der Waals surface area (Å²) >= 11 is 0. The second-order valence-electron chi connectivity index (χ2n) is 4.19. The molecule has 0 aliphatic carbocycles. The van der Waals surface area contributed by atoms with E-state index in [1.807, 2.05) is 0 Å². The summed E-state index contributed by atoms with van der Waals surface area (Å²) in [6, 6.07) is 0. The van der Waals surface area contributed by atoms with Gasteiger partial charge >= 0.3 is 5.97 Å². The number of nitrogens with zero attached hydrogens (tertiary/aromatic N) is 1. The Bertz CT molecular complexity index is 285. The van der Waals surface area contributed by atoms with Crippen LogP contribution >= 0.6 is 0 Å². The monoisotopic (exact) mass is 260 g/mol. The van der Waals surface area contributed by atoms with Crippen molar-refractivity contribution in [3.8, 4) is 0 Å². The Balaban J connectivity index is 2.34. The second-order valence-corrected chi connectivity index (χ2v) is 4.19. The molecule has 104 valence electrons. The lowest BCUT2D eigenvalue weighted by Crippen LogP contribution is -2.48. The minimum absolute atomic E-state index is 0.0935. The average molecular weight is 260 g/mol. The molecule has 0 spiro atoms. The van der Waals surface area contributed by atoms with E-state index in [1.54, 1.807) is 4.90 Å². The lowest BCUT2D eigenvalue weighted by molar-refractivity contribution is -0.149. The van der Waals surface area contributed by atoms with Crippen molar-refractivity contribution in [2.45, 2.75) is 25.0 Å². The summed E-state index contributed by atoms with van der Waals surface area (Å²) < 4.78 is 10.2. The Morgan fingerprint density at radius 1 is 1.44 bits per heavy atom. The third kappa shape index (κ3) is 4.25. The summed E-state index contributed by atoms with van der Waals surface area (Å²) in [7, 11) is 1.46. The molecule has 1 heterocycles. The average Bonchev–Trinajstić information content (AvgIpc) is 2.38. The molecule has 1 rings (SSSR count). The van der Waals surface area contributed by atoms with E-state index in [4.69, 9.17) is 20.3 Å². The molecule has 0 saturated carbocycles. The van der Waals surface area contributed by atoms with Gasteiger partial charge < -0.3 is 25.2 Å². The number of likely N-dealkylation sites (tertiary alicyclic amines) is 1. The third-order valence-corrected chi connectivity index (χ3v) is 2.97. The zero-order chi connectivity index (χ0) is 13.5. The Kier molecular flexibility index (Phi) is 6.03. The summed E-state index contributed by atoms with van der Waals surface area (Å²) in [6.45, 7) is 0.957. The van der Waals surface area contributed by atoms with E-state index in [0.29, 0.717) is 25.9 Å². The Morgan fingerprint density at radius 3 is 2.50 bits per heavy atom. The van der Waals surface area contributed by atoms with Gasteiger partial charge in [-0.25, -0.2) is 4.79 Å². The molecule has 1 unspecified atom stereocenters. The van der Waals surface area contributed by atoms with Crippen molar-refractivity contribution in [1.29, 1.82) is 0 Å². The third-order valence-electron chi connectivity index (χ3n) is 2.97. The molecular formula is C11H20N2O5. The van der Waals surface area contributed by atoms with E-state index in [9.17, 15) is 9.59 Å². The van der Waals surface area contributed by atoms with Gasteiger partial charge in [0.1, 0.15) is 12.7 Å². The quantitative estimate of drug-likeness (QED) is 0.638. The molecule has 1 amide bonds. The molecule has 1 fully saturated rings. The molecule has 7 heteroatoms. The molecule has 7 nitrogen and oxygen atoms in total. The highest BCUT2D eigenvalue weighted by Gasteiger charge is 2.27. The number of ether oxygens (including phenoxy) is 2. The number of rotatable bonds is 6. The topological polar surface area (TPSA) is 102 Å². The second kappa shape index (κ2) is 7.30. The number of hydrogen-bond donors (Lipinski definition) is 2. The Hall–Kier alpha value is -1.18. The van der Waals surface area contributed by atoms with E-state index in [0.717, 1.165) is 0 Å². The first-order valence-electron chi connectivity index (χ1n) is 5.93. The predicted molar refractivity (Wildman–Crippen MR) is 63.0 cm³/mol. The number of amides is 1. The van der Waals surface area contributed by atoms with Gasteiger partial charge in [0.15, 0.2) is 0 Å². The van der Waals surface area contributed by atoms with Crippen LogP contribution in [0.5, 0.6) is 0 Å². The first-order valence-corrected chi connectivity index (χ1v) is 5.93. The minimum atomic E-state index is -0.976. The van der Waals surface area contributed by atoms with Crippen molar-refractivity contribution in [1.82, 2.24) is 4.90 Å². The van der Waals surface area contributed by atoms with Crippen LogP contribution in [0.4, 0.5) is 0 Å². The highest BCUT2D eigenvalue weighted by molar-refractivity contribution is 5.81.